The van der Waals surface area contributed by atoms with Gasteiger partial charge in [-0.25, -0.2) is 0 Å². The molecule has 1 saturated heterocycles. The summed E-state index contributed by atoms with van der Waals surface area (Å²) in [7, 11) is 0. The minimum atomic E-state index is -5.10. The Balaban J connectivity index is 3.19. The molecule has 1 heterocycles. The van der Waals surface area contributed by atoms with Gasteiger partial charge < -0.3 is 18.9 Å². The van der Waals surface area contributed by atoms with Crippen LogP contribution in [0.25, 0.3) is 10.4 Å². The van der Waals surface area contributed by atoms with Crippen LogP contribution in [0.4, 0.5) is 13.2 Å². The Labute approximate surface area is 139 Å². The molecule has 5 atom stereocenters. The van der Waals surface area contributed by atoms with Gasteiger partial charge in [-0.2, -0.15) is 13.2 Å². The van der Waals surface area contributed by atoms with E-state index in [2.05, 4.69) is 14.8 Å². The van der Waals surface area contributed by atoms with Gasteiger partial charge in [-0.3, -0.25) is 15.0 Å². The Morgan fingerprint density at radius 2 is 1.68 bits per heavy atom. The van der Waals surface area contributed by atoms with E-state index >= 15 is 0 Å². The molecule has 0 spiro atoms. The minimum Gasteiger partial charge on any atom is -0.458 e. The number of alkyl halides is 3. The highest BCUT2D eigenvalue weighted by atomic mass is 19.4. The number of ether oxygens (including phenoxy) is 4. The van der Waals surface area contributed by atoms with Gasteiger partial charge in [-0.15, -0.1) is 0 Å². The second kappa shape index (κ2) is 8.03. The van der Waals surface area contributed by atoms with Crippen LogP contribution in [0.1, 0.15) is 20.8 Å². The number of hydrogen-bond donors (Lipinski definition) is 1. The molecule has 1 rings (SSSR count). The first-order valence-corrected chi connectivity index (χ1v) is 6.83. The van der Waals surface area contributed by atoms with Gasteiger partial charge in [0.25, 0.3) is 5.90 Å². The van der Waals surface area contributed by atoms with Crippen molar-refractivity contribution < 1.29 is 41.7 Å². The van der Waals surface area contributed by atoms with Gasteiger partial charge in [0.1, 0.15) is 6.04 Å². The second-order valence-electron chi connectivity index (χ2n) is 5.00. The van der Waals surface area contributed by atoms with E-state index in [-0.39, 0.29) is 0 Å². The molecule has 1 unspecified atom stereocenters. The van der Waals surface area contributed by atoms with Crippen LogP contribution >= 0.6 is 0 Å². The van der Waals surface area contributed by atoms with Crippen LogP contribution in [-0.4, -0.2) is 54.7 Å². The van der Waals surface area contributed by atoms with Crippen LogP contribution in [0.3, 0.4) is 0 Å². The van der Waals surface area contributed by atoms with Crippen molar-refractivity contribution in [1.82, 2.24) is 0 Å². The number of carbonyl (C=O) groups excluding carboxylic acids is 2. The highest BCUT2D eigenvalue weighted by molar-refractivity contribution is 5.78. The van der Waals surface area contributed by atoms with Crippen molar-refractivity contribution in [3.05, 3.63) is 10.4 Å². The van der Waals surface area contributed by atoms with Crippen molar-refractivity contribution in [3.8, 4) is 0 Å². The zero-order valence-electron chi connectivity index (χ0n) is 13.3. The van der Waals surface area contributed by atoms with E-state index in [1.807, 2.05) is 0 Å². The summed E-state index contributed by atoms with van der Waals surface area (Å²) in [6.45, 7) is 3.39. The zero-order chi connectivity index (χ0) is 19.4. The monoisotopic (exact) mass is 368 g/mol. The SMILES string of the molecule is CC(=O)O[C@@H]1[C@H](OC(C)=O)[C@H](C)OC(OC(=N)C(F)(F)F)[C@H]1N=[N+]=[N-]. The third kappa shape index (κ3) is 5.50. The predicted molar refractivity (Wildman–Crippen MR) is 73.2 cm³/mol. The smallest absolute Gasteiger partial charge is 0.458 e. The Bertz CT molecular complexity index is 592. The molecular formula is C12H15F3N4O6. The van der Waals surface area contributed by atoms with Gasteiger partial charge in [0, 0.05) is 18.8 Å². The van der Waals surface area contributed by atoms with E-state index in [0.717, 1.165) is 13.8 Å². The molecule has 0 radical (unpaired) electrons. The molecule has 1 aliphatic heterocycles. The van der Waals surface area contributed by atoms with E-state index in [1.165, 1.54) is 6.92 Å². The number of azide groups is 1. The summed E-state index contributed by atoms with van der Waals surface area (Å²) in [6.07, 6.45) is -10.8. The largest absolute Gasteiger partial charge is 0.467 e. The first-order chi connectivity index (χ1) is 11.5. The lowest BCUT2D eigenvalue weighted by Crippen LogP contribution is -2.59. The number of nitrogens with one attached hydrogen (secondary N) is 1. The Kier molecular flexibility index (Phi) is 6.59. The van der Waals surface area contributed by atoms with Crippen LogP contribution in [0.2, 0.25) is 0 Å². The Morgan fingerprint density at radius 3 is 2.12 bits per heavy atom. The lowest BCUT2D eigenvalue weighted by atomic mass is 9.97. The molecule has 0 aromatic carbocycles. The molecule has 10 nitrogen and oxygen atoms in total. The minimum absolute atomic E-state index is 0.778. The molecule has 0 saturated carbocycles. The summed E-state index contributed by atoms with van der Waals surface area (Å²) >= 11 is 0. The number of nitrogens with zero attached hydrogens (tertiary/aromatic N) is 3. The van der Waals surface area contributed by atoms with Crippen molar-refractivity contribution in [3.63, 3.8) is 0 Å². The fraction of sp³-hybridized carbons (Fsp3) is 0.750. The molecule has 13 heteroatoms. The summed E-state index contributed by atoms with van der Waals surface area (Å²) in [4.78, 5) is 25.0. The van der Waals surface area contributed by atoms with Crippen molar-refractivity contribution in [2.75, 3.05) is 0 Å². The van der Waals surface area contributed by atoms with E-state index < -0.39 is 54.7 Å². The molecule has 140 valence electrons. The topological polar surface area (TPSA) is 144 Å². The van der Waals surface area contributed by atoms with Crippen LogP contribution in [-0.2, 0) is 28.5 Å². The maximum Gasteiger partial charge on any atom is 0.467 e. The van der Waals surface area contributed by atoms with Crippen LogP contribution < -0.4 is 0 Å². The molecule has 0 aliphatic carbocycles. The molecule has 0 aromatic heterocycles. The van der Waals surface area contributed by atoms with Gasteiger partial charge in [-0.05, 0) is 12.5 Å². The first kappa shape index (κ1) is 20.5. The van der Waals surface area contributed by atoms with Crippen molar-refractivity contribution in [2.45, 2.75) is 57.6 Å². The van der Waals surface area contributed by atoms with Gasteiger partial charge in [0.2, 0.25) is 6.29 Å². The normalized spacial score (nSPS) is 29.1. The van der Waals surface area contributed by atoms with Gasteiger partial charge in [-0.1, -0.05) is 5.11 Å². The molecule has 25 heavy (non-hydrogen) atoms. The zero-order valence-corrected chi connectivity index (χ0v) is 13.3. The maximum absolute atomic E-state index is 12.5. The van der Waals surface area contributed by atoms with E-state index in [0.29, 0.717) is 0 Å². The third-order valence-electron chi connectivity index (χ3n) is 3.03. The summed E-state index contributed by atoms with van der Waals surface area (Å²) in [6, 6.07) is -1.63. The fourth-order valence-corrected chi connectivity index (χ4v) is 2.13. The lowest BCUT2D eigenvalue weighted by molar-refractivity contribution is -0.250. The van der Waals surface area contributed by atoms with Gasteiger partial charge in [0.15, 0.2) is 12.2 Å². The molecule has 0 bridgehead atoms. The summed E-state index contributed by atoms with van der Waals surface area (Å²) in [5.41, 5.74) is 8.64. The fourth-order valence-electron chi connectivity index (χ4n) is 2.13. The third-order valence-corrected chi connectivity index (χ3v) is 3.03. The number of rotatable bonds is 4. The first-order valence-electron chi connectivity index (χ1n) is 6.83. The summed E-state index contributed by atoms with van der Waals surface area (Å²) in [5.74, 6) is -3.73. The lowest BCUT2D eigenvalue weighted by Gasteiger charge is -2.42. The van der Waals surface area contributed by atoms with Crippen LogP contribution in [0.5, 0.6) is 0 Å². The summed E-state index contributed by atoms with van der Waals surface area (Å²) in [5, 5.41) is 10.1. The van der Waals surface area contributed by atoms with E-state index in [4.69, 9.17) is 25.2 Å². The van der Waals surface area contributed by atoms with Crippen molar-refractivity contribution in [1.29, 1.82) is 5.41 Å². The van der Waals surface area contributed by atoms with Crippen molar-refractivity contribution in [2.24, 2.45) is 5.11 Å². The summed E-state index contributed by atoms with van der Waals surface area (Å²) < 4.78 is 57.0. The molecule has 1 fully saturated rings. The molecule has 1 aliphatic rings. The van der Waals surface area contributed by atoms with E-state index in [9.17, 15) is 22.8 Å². The number of carbonyl (C=O) groups is 2. The standard InChI is InChI=1S/C12H15F3N4O6/c1-4-8(23-5(2)20)9(24-6(3)21)7(18-19-17)10(22-4)25-11(16)12(13,14)15/h4,7-10,16H,1-3H3/t4-,7-,8+,9-,10?/m0/s1. The van der Waals surface area contributed by atoms with Gasteiger partial charge >= 0.3 is 18.1 Å². The van der Waals surface area contributed by atoms with Crippen molar-refractivity contribution >= 4 is 17.8 Å². The second-order valence-corrected chi connectivity index (χ2v) is 5.00. The average Bonchev–Trinajstić information content (AvgIpc) is 2.45. The van der Waals surface area contributed by atoms with E-state index in [1.54, 1.807) is 0 Å². The Morgan fingerprint density at radius 1 is 1.16 bits per heavy atom. The number of hydrogen-bond acceptors (Lipinski definition) is 8. The van der Waals surface area contributed by atoms with Gasteiger partial charge in [0.05, 0.1) is 6.10 Å². The highest BCUT2D eigenvalue weighted by Gasteiger charge is 2.51. The number of halogens is 3. The Hall–Kier alpha value is -2.53. The number of esters is 2. The molecular weight excluding hydrogens is 353 g/mol. The average molecular weight is 368 g/mol. The molecule has 1 N–H and O–H groups in total. The molecule has 0 aromatic rings. The quantitative estimate of drug-likeness (QED) is 0.200. The maximum atomic E-state index is 12.5. The molecule has 0 amide bonds. The predicted octanol–water partition coefficient (Wildman–Crippen LogP) is 1.83. The van der Waals surface area contributed by atoms with Crippen LogP contribution in [0.15, 0.2) is 5.11 Å². The van der Waals surface area contributed by atoms with Crippen LogP contribution in [0, 0.1) is 5.41 Å². The highest BCUT2D eigenvalue weighted by Crippen LogP contribution is 2.30.